The Kier molecular flexibility index (Phi) is 5.87. The number of hydrogen-bond acceptors (Lipinski definition) is 4. The standard InChI is InChI=1S/C17H27N3O3S/c1-13(2)16(18)8-10-19(3)17(21)14-6-4-7-15(12-14)20-9-5-11-24(20,22)23/h4,6-7,12-13,16H,5,8-11,18H2,1-3H3. The number of carbonyl (C=O) groups excluding carboxylic acids is 1. The molecular formula is C17H27N3O3S. The Hall–Kier alpha value is -1.60. The molecule has 0 spiro atoms. The van der Waals surface area contributed by atoms with E-state index in [-0.39, 0.29) is 17.7 Å². The van der Waals surface area contributed by atoms with Crippen LogP contribution in [0.5, 0.6) is 0 Å². The first-order valence-electron chi connectivity index (χ1n) is 8.34. The molecule has 24 heavy (non-hydrogen) atoms. The largest absolute Gasteiger partial charge is 0.342 e. The van der Waals surface area contributed by atoms with Gasteiger partial charge in [0.2, 0.25) is 10.0 Å². The van der Waals surface area contributed by atoms with Gasteiger partial charge in [-0.2, -0.15) is 0 Å². The Labute approximate surface area is 144 Å². The van der Waals surface area contributed by atoms with Gasteiger partial charge in [-0.1, -0.05) is 19.9 Å². The van der Waals surface area contributed by atoms with Crippen LogP contribution in [-0.4, -0.2) is 51.2 Å². The van der Waals surface area contributed by atoms with Crippen molar-refractivity contribution in [1.82, 2.24) is 4.90 Å². The van der Waals surface area contributed by atoms with Gasteiger partial charge in [-0.3, -0.25) is 9.10 Å². The Morgan fingerprint density at radius 3 is 2.67 bits per heavy atom. The fraction of sp³-hybridized carbons (Fsp3) is 0.588. The van der Waals surface area contributed by atoms with E-state index in [4.69, 9.17) is 5.73 Å². The summed E-state index contributed by atoms with van der Waals surface area (Å²) in [5, 5.41) is 0. The highest BCUT2D eigenvalue weighted by Crippen LogP contribution is 2.25. The van der Waals surface area contributed by atoms with Crippen LogP contribution in [0.2, 0.25) is 0 Å². The van der Waals surface area contributed by atoms with Gasteiger partial charge in [-0.15, -0.1) is 0 Å². The molecule has 134 valence electrons. The van der Waals surface area contributed by atoms with E-state index in [1.165, 1.54) is 4.31 Å². The Bertz CT molecular complexity index is 688. The summed E-state index contributed by atoms with van der Waals surface area (Å²) in [5.74, 6) is 0.416. The van der Waals surface area contributed by atoms with Crippen molar-refractivity contribution in [2.45, 2.75) is 32.7 Å². The van der Waals surface area contributed by atoms with Crippen LogP contribution in [0, 0.1) is 5.92 Å². The Morgan fingerprint density at radius 1 is 1.38 bits per heavy atom. The van der Waals surface area contributed by atoms with Crippen molar-refractivity contribution in [1.29, 1.82) is 0 Å². The van der Waals surface area contributed by atoms with Crippen LogP contribution in [0.15, 0.2) is 24.3 Å². The summed E-state index contributed by atoms with van der Waals surface area (Å²) in [5.41, 5.74) is 7.09. The van der Waals surface area contributed by atoms with Gasteiger partial charge in [0.15, 0.2) is 0 Å². The fourth-order valence-electron chi connectivity index (χ4n) is 2.72. The molecule has 2 rings (SSSR count). The minimum atomic E-state index is -3.24. The molecule has 1 aromatic carbocycles. The number of anilines is 1. The topological polar surface area (TPSA) is 83.7 Å². The second kappa shape index (κ2) is 7.53. The molecule has 1 unspecified atom stereocenters. The normalized spacial score (nSPS) is 18.0. The highest BCUT2D eigenvalue weighted by molar-refractivity contribution is 7.93. The smallest absolute Gasteiger partial charge is 0.253 e. The van der Waals surface area contributed by atoms with Gasteiger partial charge >= 0.3 is 0 Å². The highest BCUT2D eigenvalue weighted by Gasteiger charge is 2.28. The van der Waals surface area contributed by atoms with E-state index in [0.717, 1.165) is 6.42 Å². The third kappa shape index (κ3) is 4.27. The van der Waals surface area contributed by atoms with Crippen molar-refractivity contribution in [2.75, 3.05) is 30.2 Å². The van der Waals surface area contributed by atoms with Gasteiger partial charge in [0.25, 0.3) is 5.91 Å². The number of sulfonamides is 1. The molecule has 1 aliphatic rings. The molecular weight excluding hydrogens is 326 g/mol. The molecule has 1 atom stereocenters. The summed E-state index contributed by atoms with van der Waals surface area (Å²) < 4.78 is 25.5. The van der Waals surface area contributed by atoms with Crippen molar-refractivity contribution < 1.29 is 13.2 Å². The Balaban J connectivity index is 2.09. The molecule has 6 nitrogen and oxygen atoms in total. The molecule has 1 aromatic rings. The second-order valence-electron chi connectivity index (χ2n) is 6.72. The van der Waals surface area contributed by atoms with Crippen LogP contribution in [0.4, 0.5) is 5.69 Å². The molecule has 0 saturated carbocycles. The van der Waals surface area contributed by atoms with Gasteiger partial charge in [0.1, 0.15) is 0 Å². The third-order valence-electron chi connectivity index (χ3n) is 4.48. The van der Waals surface area contributed by atoms with Crippen LogP contribution in [0.25, 0.3) is 0 Å². The molecule has 1 heterocycles. The molecule has 1 amide bonds. The lowest BCUT2D eigenvalue weighted by molar-refractivity contribution is 0.0789. The van der Waals surface area contributed by atoms with Crippen LogP contribution in [-0.2, 0) is 10.0 Å². The summed E-state index contributed by atoms with van der Waals surface area (Å²) >= 11 is 0. The lowest BCUT2D eigenvalue weighted by atomic mass is 10.0. The number of benzene rings is 1. The van der Waals surface area contributed by atoms with Crippen LogP contribution >= 0.6 is 0 Å². The maximum Gasteiger partial charge on any atom is 0.253 e. The zero-order valence-electron chi connectivity index (χ0n) is 14.6. The predicted octanol–water partition coefficient (Wildman–Crippen LogP) is 1.67. The van der Waals surface area contributed by atoms with Crippen LogP contribution in [0.3, 0.4) is 0 Å². The summed E-state index contributed by atoms with van der Waals surface area (Å²) in [6.45, 7) is 5.17. The number of nitrogens with zero attached hydrogens (tertiary/aromatic N) is 2. The molecule has 1 aliphatic heterocycles. The van der Waals surface area contributed by atoms with Gasteiger partial charge in [-0.25, -0.2) is 8.42 Å². The SMILES string of the molecule is CC(C)C(N)CCN(C)C(=O)c1cccc(N2CCCS2(=O)=O)c1. The quantitative estimate of drug-likeness (QED) is 0.843. The molecule has 7 heteroatoms. The first-order chi connectivity index (χ1) is 11.2. The van der Waals surface area contributed by atoms with Crippen molar-refractivity contribution in [2.24, 2.45) is 11.7 Å². The zero-order valence-corrected chi connectivity index (χ0v) is 15.4. The van der Waals surface area contributed by atoms with Gasteiger partial charge in [-0.05, 0) is 37.0 Å². The molecule has 1 fully saturated rings. The molecule has 1 saturated heterocycles. The van der Waals surface area contributed by atoms with E-state index in [1.807, 2.05) is 0 Å². The number of rotatable bonds is 6. The van der Waals surface area contributed by atoms with E-state index in [9.17, 15) is 13.2 Å². The van der Waals surface area contributed by atoms with Gasteiger partial charge < -0.3 is 10.6 Å². The lowest BCUT2D eigenvalue weighted by Gasteiger charge is -2.22. The number of hydrogen-bond donors (Lipinski definition) is 1. The van der Waals surface area contributed by atoms with Crippen molar-refractivity contribution in [3.63, 3.8) is 0 Å². The molecule has 2 N–H and O–H groups in total. The molecule has 0 aromatic heterocycles. The summed E-state index contributed by atoms with van der Waals surface area (Å²) in [6.07, 6.45) is 1.35. The fourth-order valence-corrected chi connectivity index (χ4v) is 4.28. The second-order valence-corrected chi connectivity index (χ2v) is 8.73. The van der Waals surface area contributed by atoms with Crippen molar-refractivity contribution in [3.8, 4) is 0 Å². The van der Waals surface area contributed by atoms with Crippen LogP contribution in [0.1, 0.15) is 37.0 Å². The first-order valence-corrected chi connectivity index (χ1v) is 9.95. The summed E-state index contributed by atoms with van der Waals surface area (Å²) in [4.78, 5) is 14.2. The van der Waals surface area contributed by atoms with Gasteiger partial charge in [0.05, 0.1) is 11.4 Å². The molecule has 0 radical (unpaired) electrons. The van der Waals surface area contributed by atoms with E-state index in [2.05, 4.69) is 13.8 Å². The number of amides is 1. The highest BCUT2D eigenvalue weighted by atomic mass is 32.2. The van der Waals surface area contributed by atoms with E-state index >= 15 is 0 Å². The van der Waals surface area contributed by atoms with Gasteiger partial charge in [0, 0.05) is 31.7 Å². The van der Waals surface area contributed by atoms with E-state index in [0.29, 0.717) is 36.7 Å². The lowest BCUT2D eigenvalue weighted by Crippen LogP contribution is -2.34. The zero-order chi connectivity index (χ0) is 17.9. The predicted molar refractivity (Wildman–Crippen MR) is 96.6 cm³/mol. The maximum atomic E-state index is 12.6. The minimum absolute atomic E-state index is 0.0568. The third-order valence-corrected chi connectivity index (χ3v) is 6.35. The monoisotopic (exact) mass is 353 g/mol. The van der Waals surface area contributed by atoms with Crippen molar-refractivity contribution >= 4 is 21.6 Å². The average Bonchev–Trinajstić information content (AvgIpc) is 2.90. The minimum Gasteiger partial charge on any atom is -0.342 e. The van der Waals surface area contributed by atoms with Crippen LogP contribution < -0.4 is 10.0 Å². The number of nitrogens with two attached hydrogens (primary N) is 1. The summed E-state index contributed by atoms with van der Waals surface area (Å²) in [7, 11) is -1.50. The average molecular weight is 353 g/mol. The first kappa shape index (κ1) is 18.7. The number of carbonyl (C=O) groups is 1. The Morgan fingerprint density at radius 2 is 2.08 bits per heavy atom. The summed E-state index contributed by atoms with van der Waals surface area (Å²) in [6, 6.07) is 6.89. The molecule has 0 bridgehead atoms. The van der Waals surface area contributed by atoms with E-state index in [1.54, 1.807) is 36.2 Å². The molecule has 0 aliphatic carbocycles. The maximum absolute atomic E-state index is 12.6. The van der Waals surface area contributed by atoms with Crippen molar-refractivity contribution in [3.05, 3.63) is 29.8 Å². The van der Waals surface area contributed by atoms with E-state index < -0.39 is 10.0 Å².